The topological polar surface area (TPSA) is 87.3 Å². The summed E-state index contributed by atoms with van der Waals surface area (Å²) in [7, 11) is 0. The van der Waals surface area contributed by atoms with Crippen molar-refractivity contribution >= 4 is 35.2 Å². The highest BCUT2D eigenvalue weighted by Crippen LogP contribution is 2.35. The number of hydrogen-bond acceptors (Lipinski definition) is 4. The van der Waals surface area contributed by atoms with Gasteiger partial charge < -0.3 is 16.0 Å². The zero-order chi connectivity index (χ0) is 16.3. The fraction of sp³-hybridized carbons (Fsp3) is 0.400. The molecule has 1 aromatic carbocycles. The van der Waals surface area contributed by atoms with Crippen molar-refractivity contribution in [2.75, 3.05) is 11.9 Å². The Morgan fingerprint density at radius 1 is 1.41 bits per heavy atom. The van der Waals surface area contributed by atoms with Crippen molar-refractivity contribution in [3.05, 3.63) is 23.8 Å². The summed E-state index contributed by atoms with van der Waals surface area (Å²) >= 11 is 1.46. The lowest BCUT2D eigenvalue weighted by Crippen LogP contribution is -2.44. The van der Waals surface area contributed by atoms with Gasteiger partial charge in [0, 0.05) is 17.0 Å². The molecule has 6 nitrogen and oxygen atoms in total. The number of nitrogens with one attached hydrogen (secondary N) is 3. The molecule has 0 fully saturated rings. The second-order valence-corrected chi connectivity index (χ2v) is 6.43. The van der Waals surface area contributed by atoms with Gasteiger partial charge in [0.15, 0.2) is 0 Å². The van der Waals surface area contributed by atoms with Crippen LogP contribution in [-0.4, -0.2) is 35.6 Å². The van der Waals surface area contributed by atoms with Crippen LogP contribution >= 0.6 is 11.8 Å². The first-order chi connectivity index (χ1) is 10.4. The van der Waals surface area contributed by atoms with Gasteiger partial charge in [-0.2, -0.15) is 0 Å². The summed E-state index contributed by atoms with van der Waals surface area (Å²) in [6.07, 6.45) is 0. The normalized spacial score (nSPS) is 18.0. The van der Waals surface area contributed by atoms with E-state index in [-0.39, 0.29) is 23.0 Å². The van der Waals surface area contributed by atoms with E-state index in [0.29, 0.717) is 17.8 Å². The zero-order valence-electron chi connectivity index (χ0n) is 12.7. The number of rotatable bonds is 4. The Morgan fingerprint density at radius 2 is 2.14 bits per heavy atom. The Kier molecular flexibility index (Phi) is 5.07. The van der Waals surface area contributed by atoms with E-state index in [1.54, 1.807) is 19.1 Å². The lowest BCUT2D eigenvalue weighted by Gasteiger charge is -2.22. The molecular formula is C15H19N3O3S. The van der Waals surface area contributed by atoms with Crippen LogP contribution in [0.15, 0.2) is 23.1 Å². The highest BCUT2D eigenvalue weighted by molar-refractivity contribution is 8.00. The molecule has 0 aliphatic carbocycles. The molecule has 0 radical (unpaired) electrons. The predicted molar refractivity (Wildman–Crippen MR) is 86.0 cm³/mol. The molecule has 7 heteroatoms. The molecular weight excluding hydrogens is 302 g/mol. The number of carbonyl (C=O) groups is 3. The second kappa shape index (κ2) is 6.83. The molecule has 2 atom stereocenters. The van der Waals surface area contributed by atoms with Gasteiger partial charge in [0.1, 0.15) is 6.04 Å². The summed E-state index contributed by atoms with van der Waals surface area (Å²) in [5.74, 6) is -0.656. The summed E-state index contributed by atoms with van der Waals surface area (Å²) in [4.78, 5) is 36.4. The lowest BCUT2D eigenvalue weighted by molar-refractivity contribution is -0.122. The summed E-state index contributed by atoms with van der Waals surface area (Å²) in [5.41, 5.74) is 1.04. The average Bonchev–Trinajstić information content (AvgIpc) is 2.48. The van der Waals surface area contributed by atoms with E-state index >= 15 is 0 Å². The number of amides is 3. The Bertz CT molecular complexity index is 618. The number of thioether (sulfide) groups is 1. The van der Waals surface area contributed by atoms with Gasteiger partial charge in [-0.05, 0) is 39.0 Å². The number of carbonyl (C=O) groups excluding carboxylic acids is 3. The minimum Gasteiger partial charge on any atom is -0.355 e. The Balaban J connectivity index is 2.10. The summed E-state index contributed by atoms with van der Waals surface area (Å²) < 4.78 is 0. The molecule has 1 aliphatic rings. The van der Waals surface area contributed by atoms with Crippen molar-refractivity contribution in [1.29, 1.82) is 0 Å². The van der Waals surface area contributed by atoms with E-state index in [0.717, 1.165) is 4.90 Å². The number of anilines is 1. The maximum atomic E-state index is 12.2. The van der Waals surface area contributed by atoms with Gasteiger partial charge in [-0.1, -0.05) is 0 Å². The number of benzene rings is 1. The highest BCUT2D eigenvalue weighted by atomic mass is 32.2. The molecule has 0 unspecified atom stereocenters. The summed E-state index contributed by atoms with van der Waals surface area (Å²) in [6, 6.07) is 4.51. The maximum Gasteiger partial charge on any atom is 0.251 e. The molecule has 0 bridgehead atoms. The Morgan fingerprint density at radius 3 is 2.82 bits per heavy atom. The van der Waals surface area contributed by atoms with E-state index in [9.17, 15) is 14.4 Å². The molecule has 1 aromatic rings. The Labute approximate surface area is 133 Å². The Hall–Kier alpha value is -2.02. The third kappa shape index (κ3) is 3.59. The molecule has 1 aliphatic heterocycles. The van der Waals surface area contributed by atoms with Crippen molar-refractivity contribution in [1.82, 2.24) is 10.6 Å². The van der Waals surface area contributed by atoms with E-state index < -0.39 is 6.04 Å². The van der Waals surface area contributed by atoms with Crippen molar-refractivity contribution in [2.45, 2.75) is 37.0 Å². The van der Waals surface area contributed by atoms with Crippen LogP contribution in [0, 0.1) is 0 Å². The molecule has 22 heavy (non-hydrogen) atoms. The first-order valence-corrected chi connectivity index (χ1v) is 8.00. The average molecular weight is 321 g/mol. The number of fused-ring (bicyclic) bond motifs is 1. The van der Waals surface area contributed by atoms with Crippen LogP contribution in [0.5, 0.6) is 0 Å². The van der Waals surface area contributed by atoms with Crippen molar-refractivity contribution < 1.29 is 14.4 Å². The predicted octanol–water partition coefficient (Wildman–Crippen LogP) is 1.37. The van der Waals surface area contributed by atoms with Crippen LogP contribution in [0.4, 0.5) is 5.69 Å². The first kappa shape index (κ1) is 16.4. The number of likely N-dealkylation sites (N-methyl/N-ethyl adjacent to an activating group) is 1. The maximum absolute atomic E-state index is 12.2. The van der Waals surface area contributed by atoms with Crippen LogP contribution in [0.1, 0.15) is 31.1 Å². The second-order valence-electron chi connectivity index (χ2n) is 5.05. The van der Waals surface area contributed by atoms with E-state index in [1.807, 2.05) is 19.9 Å². The molecule has 1 heterocycles. The van der Waals surface area contributed by atoms with Crippen LogP contribution in [0.2, 0.25) is 0 Å². The monoisotopic (exact) mass is 321 g/mol. The van der Waals surface area contributed by atoms with Crippen molar-refractivity contribution in [3.8, 4) is 0 Å². The van der Waals surface area contributed by atoms with Crippen molar-refractivity contribution in [2.24, 2.45) is 0 Å². The van der Waals surface area contributed by atoms with E-state index in [2.05, 4.69) is 16.0 Å². The fourth-order valence-corrected chi connectivity index (χ4v) is 2.95. The summed E-state index contributed by atoms with van der Waals surface area (Å²) in [6.45, 7) is 5.79. The third-order valence-corrected chi connectivity index (χ3v) is 4.44. The molecule has 118 valence electrons. The standard InChI is InChI=1S/C15H19N3O3S/c1-4-16-13(19)8(2)17-15(21)10-5-6-12-11(7-10)18-14(20)9(3)22-12/h5-9H,4H2,1-3H3,(H,16,19)(H,17,21)(H,18,20)/t8-,9+/m1/s1. The molecule has 0 spiro atoms. The van der Waals surface area contributed by atoms with E-state index in [4.69, 9.17) is 0 Å². The van der Waals surface area contributed by atoms with Gasteiger partial charge in [-0.3, -0.25) is 14.4 Å². The minimum absolute atomic E-state index is 0.0780. The van der Waals surface area contributed by atoms with Crippen LogP contribution in [-0.2, 0) is 9.59 Å². The molecule has 2 rings (SSSR count). The molecule has 3 N–H and O–H groups in total. The number of hydrogen-bond donors (Lipinski definition) is 3. The fourth-order valence-electron chi connectivity index (χ4n) is 2.02. The quantitative estimate of drug-likeness (QED) is 0.782. The smallest absolute Gasteiger partial charge is 0.251 e. The SMILES string of the molecule is CCNC(=O)[C@@H](C)NC(=O)c1ccc2c(c1)NC(=O)[C@H](C)S2. The largest absolute Gasteiger partial charge is 0.355 e. The highest BCUT2D eigenvalue weighted by Gasteiger charge is 2.24. The van der Waals surface area contributed by atoms with E-state index in [1.165, 1.54) is 11.8 Å². The van der Waals surface area contributed by atoms with Crippen LogP contribution < -0.4 is 16.0 Å². The van der Waals surface area contributed by atoms with Gasteiger partial charge >= 0.3 is 0 Å². The third-order valence-electron chi connectivity index (χ3n) is 3.26. The van der Waals surface area contributed by atoms with Crippen molar-refractivity contribution in [3.63, 3.8) is 0 Å². The zero-order valence-corrected chi connectivity index (χ0v) is 13.5. The summed E-state index contributed by atoms with van der Waals surface area (Å²) in [5, 5.41) is 7.92. The van der Waals surface area contributed by atoms with Crippen LogP contribution in [0.3, 0.4) is 0 Å². The molecule has 0 saturated heterocycles. The lowest BCUT2D eigenvalue weighted by atomic mass is 10.1. The van der Waals surface area contributed by atoms with Gasteiger partial charge in [-0.15, -0.1) is 11.8 Å². The van der Waals surface area contributed by atoms with Crippen LogP contribution in [0.25, 0.3) is 0 Å². The minimum atomic E-state index is -0.618. The van der Waals surface area contributed by atoms with Gasteiger partial charge in [-0.25, -0.2) is 0 Å². The molecule has 3 amide bonds. The molecule has 0 saturated carbocycles. The molecule has 0 aromatic heterocycles. The van der Waals surface area contributed by atoms with Gasteiger partial charge in [0.2, 0.25) is 11.8 Å². The van der Waals surface area contributed by atoms with Gasteiger partial charge in [0.05, 0.1) is 10.9 Å². The van der Waals surface area contributed by atoms with Gasteiger partial charge in [0.25, 0.3) is 5.91 Å². The first-order valence-electron chi connectivity index (χ1n) is 7.12.